The molecule has 15 heavy (non-hydrogen) atoms. The smallest absolute Gasteiger partial charge is 0.0713 e. The zero-order valence-corrected chi connectivity index (χ0v) is 11.3. The summed E-state index contributed by atoms with van der Waals surface area (Å²) in [7, 11) is 0. The SMILES string of the molecule is Br.Br.C1=NCC2=c3ccccc3=NC2=C1. The Morgan fingerprint density at radius 1 is 1.07 bits per heavy atom. The Kier molecular flexibility index (Phi) is 3.99. The maximum absolute atomic E-state index is 4.51. The number of benzene rings is 1. The average Bonchev–Trinajstić information content (AvgIpc) is 2.56. The van der Waals surface area contributed by atoms with Gasteiger partial charge in [-0.05, 0) is 12.1 Å². The van der Waals surface area contributed by atoms with Gasteiger partial charge in [0.05, 0.1) is 17.6 Å². The fourth-order valence-corrected chi connectivity index (χ4v) is 1.73. The topological polar surface area (TPSA) is 24.7 Å². The quantitative estimate of drug-likeness (QED) is 0.690. The third-order valence-electron chi connectivity index (χ3n) is 2.37. The first kappa shape index (κ1) is 12.3. The van der Waals surface area contributed by atoms with Crippen LogP contribution in [-0.2, 0) is 0 Å². The van der Waals surface area contributed by atoms with Gasteiger partial charge in [0.15, 0.2) is 0 Å². The highest BCUT2D eigenvalue weighted by atomic mass is 79.9. The van der Waals surface area contributed by atoms with Crippen LogP contribution in [0.15, 0.2) is 46.0 Å². The van der Waals surface area contributed by atoms with E-state index in [2.05, 4.69) is 16.1 Å². The Morgan fingerprint density at radius 3 is 2.73 bits per heavy atom. The van der Waals surface area contributed by atoms with Crippen molar-refractivity contribution in [2.45, 2.75) is 0 Å². The van der Waals surface area contributed by atoms with Gasteiger partial charge in [-0.3, -0.25) is 4.99 Å². The van der Waals surface area contributed by atoms with Crippen molar-refractivity contribution >= 4 is 45.8 Å². The zero-order valence-electron chi connectivity index (χ0n) is 7.88. The maximum Gasteiger partial charge on any atom is 0.0713 e. The predicted octanol–water partition coefficient (Wildman–Crippen LogP) is 1.59. The van der Waals surface area contributed by atoms with Gasteiger partial charge in [0.2, 0.25) is 0 Å². The van der Waals surface area contributed by atoms with Crippen LogP contribution in [0.1, 0.15) is 0 Å². The van der Waals surface area contributed by atoms with Crippen molar-refractivity contribution in [1.82, 2.24) is 0 Å². The number of aliphatic imine (C=N–C) groups is 1. The lowest BCUT2D eigenvalue weighted by Gasteiger charge is -2.02. The third kappa shape index (κ3) is 1.96. The molecule has 0 radical (unpaired) electrons. The molecule has 0 N–H and O–H groups in total. The second-order valence-electron chi connectivity index (χ2n) is 3.15. The number of dihydropyridines is 1. The van der Waals surface area contributed by atoms with E-state index in [1.165, 1.54) is 10.8 Å². The molecule has 2 heterocycles. The van der Waals surface area contributed by atoms with Crippen LogP contribution in [0.25, 0.3) is 5.57 Å². The van der Waals surface area contributed by atoms with Gasteiger partial charge in [0, 0.05) is 17.0 Å². The van der Waals surface area contributed by atoms with Gasteiger partial charge in [0.25, 0.3) is 0 Å². The standard InChI is InChI=1S/C11H8N2.2BrH/c1-2-4-10-8(3-1)9-7-12-6-5-11(9)13-10;;/h1-6H,7H2;2*1H. The second kappa shape index (κ2) is 4.86. The van der Waals surface area contributed by atoms with Gasteiger partial charge >= 0.3 is 0 Å². The Labute approximate surface area is 109 Å². The van der Waals surface area contributed by atoms with Gasteiger partial charge in [-0.15, -0.1) is 34.0 Å². The molecule has 3 rings (SSSR count). The number of allylic oxidation sites excluding steroid dienone is 1. The Hall–Kier alpha value is -0.740. The molecular formula is C11H10Br2N2. The van der Waals surface area contributed by atoms with E-state index in [9.17, 15) is 0 Å². The normalized spacial score (nSPS) is 15.2. The van der Waals surface area contributed by atoms with Gasteiger partial charge in [-0.1, -0.05) is 18.2 Å². The molecule has 0 aliphatic carbocycles. The van der Waals surface area contributed by atoms with E-state index in [-0.39, 0.29) is 34.0 Å². The molecule has 2 nitrogen and oxygen atoms in total. The van der Waals surface area contributed by atoms with Crippen LogP contribution >= 0.6 is 34.0 Å². The summed E-state index contributed by atoms with van der Waals surface area (Å²) in [6, 6.07) is 8.21. The van der Waals surface area contributed by atoms with Crippen molar-refractivity contribution in [2.24, 2.45) is 9.98 Å². The van der Waals surface area contributed by atoms with Gasteiger partial charge in [-0.25, -0.2) is 4.99 Å². The Bertz CT molecular complexity index is 544. The van der Waals surface area contributed by atoms with Crippen LogP contribution in [-0.4, -0.2) is 12.8 Å². The molecule has 0 fully saturated rings. The molecule has 1 aromatic rings. The maximum atomic E-state index is 4.51. The van der Waals surface area contributed by atoms with Crippen LogP contribution in [0.3, 0.4) is 0 Å². The summed E-state index contributed by atoms with van der Waals surface area (Å²) in [5.74, 6) is 0. The monoisotopic (exact) mass is 328 g/mol. The predicted molar refractivity (Wildman–Crippen MR) is 72.7 cm³/mol. The van der Waals surface area contributed by atoms with Crippen LogP contribution in [0.5, 0.6) is 0 Å². The first-order valence-corrected chi connectivity index (χ1v) is 4.32. The molecule has 1 aromatic carbocycles. The van der Waals surface area contributed by atoms with Crippen molar-refractivity contribution in [3.8, 4) is 0 Å². The van der Waals surface area contributed by atoms with E-state index in [4.69, 9.17) is 0 Å². The first-order valence-electron chi connectivity index (χ1n) is 4.32. The third-order valence-corrected chi connectivity index (χ3v) is 2.37. The summed E-state index contributed by atoms with van der Waals surface area (Å²) in [6.07, 6.45) is 3.80. The molecule has 4 heteroatoms. The molecule has 0 bridgehead atoms. The van der Waals surface area contributed by atoms with E-state index in [0.29, 0.717) is 0 Å². The van der Waals surface area contributed by atoms with Gasteiger partial charge < -0.3 is 0 Å². The molecule has 0 aromatic heterocycles. The molecule has 0 unspecified atom stereocenters. The summed E-state index contributed by atoms with van der Waals surface area (Å²) >= 11 is 0. The van der Waals surface area contributed by atoms with E-state index in [1.807, 2.05) is 30.5 Å². The minimum absolute atomic E-state index is 0. The summed E-state index contributed by atoms with van der Waals surface area (Å²) in [5, 5.41) is 2.32. The number of nitrogens with zero attached hydrogens (tertiary/aromatic N) is 2. The van der Waals surface area contributed by atoms with E-state index >= 15 is 0 Å². The fourth-order valence-electron chi connectivity index (χ4n) is 1.73. The molecule has 0 saturated heterocycles. The largest absolute Gasteiger partial charge is 0.288 e. The molecule has 0 saturated carbocycles. The number of hydrogen-bond donors (Lipinski definition) is 0. The van der Waals surface area contributed by atoms with Crippen molar-refractivity contribution in [3.05, 3.63) is 46.6 Å². The number of para-hydroxylation sites is 1. The van der Waals surface area contributed by atoms with Gasteiger partial charge in [-0.2, -0.15) is 0 Å². The average molecular weight is 330 g/mol. The molecule has 78 valence electrons. The van der Waals surface area contributed by atoms with Crippen molar-refractivity contribution in [1.29, 1.82) is 0 Å². The van der Waals surface area contributed by atoms with Gasteiger partial charge in [0.1, 0.15) is 0 Å². The lowest BCUT2D eigenvalue weighted by molar-refractivity contribution is 1.22. The first-order chi connectivity index (χ1) is 6.45. The van der Waals surface area contributed by atoms with Crippen molar-refractivity contribution in [2.75, 3.05) is 6.54 Å². The van der Waals surface area contributed by atoms with Crippen molar-refractivity contribution < 1.29 is 0 Å². The van der Waals surface area contributed by atoms with Crippen LogP contribution < -0.4 is 10.6 Å². The molecule has 2 aliphatic heterocycles. The van der Waals surface area contributed by atoms with E-state index in [1.54, 1.807) is 0 Å². The second-order valence-corrected chi connectivity index (χ2v) is 3.15. The van der Waals surface area contributed by atoms with Crippen molar-refractivity contribution in [3.63, 3.8) is 0 Å². The highest BCUT2D eigenvalue weighted by Gasteiger charge is 2.12. The number of halogens is 2. The summed E-state index contributed by atoms with van der Waals surface area (Å²) in [6.45, 7) is 0.770. The number of hydrogen-bond acceptors (Lipinski definition) is 2. The highest BCUT2D eigenvalue weighted by molar-refractivity contribution is 8.93. The number of fused-ring (bicyclic) bond motifs is 2. The minimum atomic E-state index is 0. The lowest BCUT2D eigenvalue weighted by Crippen LogP contribution is -2.22. The minimum Gasteiger partial charge on any atom is -0.288 e. The zero-order chi connectivity index (χ0) is 8.67. The fraction of sp³-hybridized carbons (Fsp3) is 0.0909. The Morgan fingerprint density at radius 2 is 1.87 bits per heavy atom. The van der Waals surface area contributed by atoms with Crippen LogP contribution in [0.2, 0.25) is 0 Å². The summed E-state index contributed by atoms with van der Waals surface area (Å²) < 4.78 is 0. The number of rotatable bonds is 0. The molecule has 0 amide bonds. The van der Waals surface area contributed by atoms with Crippen LogP contribution in [0, 0.1) is 0 Å². The molecule has 0 spiro atoms. The van der Waals surface area contributed by atoms with E-state index < -0.39 is 0 Å². The molecule has 0 atom stereocenters. The Balaban J connectivity index is 0.000000562. The summed E-state index contributed by atoms with van der Waals surface area (Å²) in [4.78, 5) is 8.73. The summed E-state index contributed by atoms with van der Waals surface area (Å²) in [5.41, 5.74) is 2.34. The molecule has 2 aliphatic rings. The lowest BCUT2D eigenvalue weighted by atomic mass is 10.1. The molecular weight excluding hydrogens is 320 g/mol. The van der Waals surface area contributed by atoms with E-state index in [0.717, 1.165) is 17.6 Å². The highest BCUT2D eigenvalue weighted by Crippen LogP contribution is 2.15. The van der Waals surface area contributed by atoms with Crippen LogP contribution in [0.4, 0.5) is 0 Å².